The highest BCUT2D eigenvalue weighted by molar-refractivity contribution is 5.82. The van der Waals surface area contributed by atoms with Gasteiger partial charge in [-0.1, -0.05) is 78.9 Å². The van der Waals surface area contributed by atoms with Gasteiger partial charge < -0.3 is 81.7 Å². The van der Waals surface area contributed by atoms with Crippen LogP contribution in [-0.4, -0.2) is 180 Å². The van der Waals surface area contributed by atoms with Crippen molar-refractivity contribution >= 4 is 71.6 Å². The van der Waals surface area contributed by atoms with Crippen molar-refractivity contribution in [3.05, 3.63) is 152 Å². The van der Waals surface area contributed by atoms with Crippen LogP contribution in [0.25, 0.3) is 0 Å². The first-order valence-corrected chi connectivity index (χ1v) is 16.2. The van der Waals surface area contributed by atoms with Gasteiger partial charge >= 0.3 is 71.6 Å². The van der Waals surface area contributed by atoms with E-state index in [9.17, 15) is 57.5 Å². The van der Waals surface area contributed by atoms with E-state index in [1.165, 1.54) is 0 Å². The Bertz CT molecular complexity index is 1210. The highest BCUT2D eigenvalue weighted by Gasteiger charge is 2.26. The lowest BCUT2D eigenvalue weighted by atomic mass is 9.93. The van der Waals surface area contributed by atoms with Crippen LogP contribution >= 0.6 is 0 Å². The van der Waals surface area contributed by atoms with Gasteiger partial charge in [0.2, 0.25) is 0 Å². The molecule has 0 aromatic heterocycles. The molecule has 0 rings (SSSR count). The Morgan fingerprint density at radius 1 is 0.217 bits per heavy atom. The average molecular weight is 1000 g/mol. The average Bonchev–Trinajstić information content (AvgIpc) is 3.31. The Balaban J connectivity index is -0.0000000450. The molecule has 0 heterocycles. The minimum atomic E-state index is -1.11. The maximum atomic E-state index is 9.25. The second-order valence-corrected chi connectivity index (χ2v) is 8.64. The van der Waals surface area contributed by atoms with Crippen LogP contribution in [0.15, 0.2) is 152 Å². The van der Waals surface area contributed by atoms with Crippen LogP contribution in [0.5, 0.6) is 0 Å². The Labute approximate surface area is 394 Å². The summed E-state index contributed by atoms with van der Waals surface area (Å²) in [7, 11) is 0. The van der Waals surface area contributed by atoms with E-state index in [2.05, 4.69) is 78.9 Å². The predicted molar refractivity (Wildman–Crippen MR) is 245 cm³/mol. The lowest BCUT2D eigenvalue weighted by Gasteiger charge is -2.23. The minimum absolute atomic E-state index is 0.406. The molecule has 0 amide bonds. The molecule has 0 aromatic carbocycles. The first-order valence-electron chi connectivity index (χ1n) is 16.2. The van der Waals surface area contributed by atoms with Crippen molar-refractivity contribution in [1.82, 2.24) is 0 Å². The van der Waals surface area contributed by atoms with Crippen LogP contribution in [0, 0.1) is 5.41 Å². The van der Waals surface area contributed by atoms with Crippen molar-refractivity contribution in [2.45, 2.75) is 0 Å². The maximum absolute atomic E-state index is 9.25. The van der Waals surface area contributed by atoms with Crippen molar-refractivity contribution in [3.63, 3.8) is 0 Å². The molecule has 0 aliphatic carbocycles. The van der Waals surface area contributed by atoms with E-state index in [-0.39, 0.29) is 0 Å². The normalized spacial score (nSPS) is 7.13. The fourth-order valence-electron chi connectivity index (χ4n) is 0.300. The van der Waals surface area contributed by atoms with Gasteiger partial charge in [-0.05, 0) is 0 Å². The monoisotopic (exact) mass is 1000 g/mol. The summed E-state index contributed by atoms with van der Waals surface area (Å²) < 4.78 is 0. The summed E-state index contributed by atoms with van der Waals surface area (Å²) in [5, 5.41) is 125. The van der Waals surface area contributed by atoms with Crippen molar-refractivity contribution in [2.75, 3.05) is 26.4 Å². The van der Waals surface area contributed by atoms with Gasteiger partial charge in [0.15, 0.2) is 0 Å². The molecule has 0 aliphatic heterocycles. The molecule has 28 heteroatoms. The van der Waals surface area contributed by atoms with Crippen LogP contribution in [-0.2, 0) is 57.5 Å². The summed E-state index contributed by atoms with van der Waals surface area (Å²) in [6.07, 6.45) is 10.0. The molecule has 0 saturated heterocycles. The van der Waals surface area contributed by atoms with E-state index in [0.29, 0.717) is 0 Å². The van der Waals surface area contributed by atoms with Crippen molar-refractivity contribution < 1.29 is 139 Å². The molecule has 28 nitrogen and oxygen atoms in total. The molecule has 0 radical (unpaired) electrons. The summed E-state index contributed by atoms with van der Waals surface area (Å²) >= 11 is 0. The number of aliphatic hydroxyl groups excluding tert-OH is 4. The number of aliphatic hydroxyl groups is 4. The molecular weight excluding hydrogens is 940 g/mol. The fraction of sp³-hybridized carbons (Fsp3) is 0.122. The molecule has 0 spiro atoms. The Morgan fingerprint density at radius 2 is 0.261 bits per heavy atom. The zero-order chi connectivity index (χ0) is 58.7. The van der Waals surface area contributed by atoms with E-state index in [1.54, 1.807) is 0 Å². The van der Waals surface area contributed by atoms with Crippen molar-refractivity contribution in [3.8, 4) is 0 Å². The van der Waals surface area contributed by atoms with E-state index >= 15 is 0 Å². The number of hydrogen-bond donors (Lipinski definition) is 16. The van der Waals surface area contributed by atoms with Gasteiger partial charge in [0.1, 0.15) is 0 Å². The molecule has 69 heavy (non-hydrogen) atoms. The predicted octanol–water partition coefficient (Wildman–Crippen LogP) is 1.03. The highest BCUT2D eigenvalue weighted by Crippen LogP contribution is 2.11. The largest absolute Gasteiger partial charge is 0.478 e. The standard InChI is InChI=1S/C5H12O4.12C3H4O2/c6-1-5(2-7,3-8)4-9;12*1-2-3(4)5/h6-9H,1-4H2;12*2H,1H2,(H,4,5). The van der Waals surface area contributed by atoms with Gasteiger partial charge in [-0.3, -0.25) is 0 Å². The molecule has 0 unspecified atom stereocenters. The molecule has 392 valence electrons. The lowest BCUT2D eigenvalue weighted by Crippen LogP contribution is -2.37. The highest BCUT2D eigenvalue weighted by atomic mass is 16.4. The zero-order valence-electron chi connectivity index (χ0n) is 36.8. The second kappa shape index (κ2) is 82.1. The first-order chi connectivity index (χ1) is 31.5. The van der Waals surface area contributed by atoms with Gasteiger partial charge in [0.25, 0.3) is 0 Å². The molecule has 0 aromatic rings. The molecule has 0 atom stereocenters. The van der Waals surface area contributed by atoms with Gasteiger partial charge in [-0.25, -0.2) is 57.5 Å². The summed E-state index contributed by atoms with van der Waals surface area (Å²) in [5.41, 5.74) is -1.11. The summed E-state index contributed by atoms with van der Waals surface area (Å²) in [5.74, 6) is -11.8. The minimum Gasteiger partial charge on any atom is -0.478 e. The lowest BCUT2D eigenvalue weighted by molar-refractivity contribution is -0.132. The fourth-order valence-corrected chi connectivity index (χ4v) is 0.300. The Morgan fingerprint density at radius 3 is 0.261 bits per heavy atom. The molecule has 0 bridgehead atoms. The quantitative estimate of drug-likeness (QED) is 0.0960. The van der Waals surface area contributed by atoms with Crippen molar-refractivity contribution in [2.24, 2.45) is 5.41 Å². The number of aliphatic carboxylic acids is 12. The Kier molecular flexibility index (Phi) is 112. The maximum Gasteiger partial charge on any atom is 0.327 e. The SMILES string of the molecule is C=CC(=O)O.C=CC(=O)O.C=CC(=O)O.C=CC(=O)O.C=CC(=O)O.C=CC(=O)O.C=CC(=O)O.C=CC(=O)O.C=CC(=O)O.C=CC(=O)O.C=CC(=O)O.C=CC(=O)O.OCC(CO)(CO)CO. The third-order valence-corrected chi connectivity index (χ3v) is 3.44. The van der Waals surface area contributed by atoms with Gasteiger partial charge in [0, 0.05) is 72.9 Å². The number of carboxylic acids is 12. The van der Waals surface area contributed by atoms with Gasteiger partial charge in [-0.2, -0.15) is 0 Å². The summed E-state index contributed by atoms with van der Waals surface area (Å²) in [6, 6.07) is 0. The zero-order valence-corrected chi connectivity index (χ0v) is 36.8. The number of carboxylic acid groups (broad SMARTS) is 12. The summed E-state index contributed by atoms with van der Waals surface area (Å²) in [6.45, 7) is 33.9. The van der Waals surface area contributed by atoms with E-state index in [4.69, 9.17) is 81.7 Å². The topological polar surface area (TPSA) is 529 Å². The molecular formula is C41H60O28. The number of rotatable bonds is 16. The van der Waals surface area contributed by atoms with Gasteiger partial charge in [-0.15, -0.1) is 0 Å². The van der Waals surface area contributed by atoms with Crippen LogP contribution in [0.4, 0.5) is 0 Å². The van der Waals surface area contributed by atoms with Crippen LogP contribution in [0.3, 0.4) is 0 Å². The second-order valence-electron chi connectivity index (χ2n) is 8.64. The molecule has 16 N–H and O–H groups in total. The Hall–Kier alpha value is -9.64. The first kappa shape index (κ1) is 94.1. The number of carbonyl (C=O) groups is 12. The van der Waals surface area contributed by atoms with E-state index in [0.717, 1.165) is 72.9 Å². The van der Waals surface area contributed by atoms with Crippen LogP contribution in [0.2, 0.25) is 0 Å². The number of hydrogen-bond acceptors (Lipinski definition) is 16. The van der Waals surface area contributed by atoms with E-state index < -0.39 is 103 Å². The third kappa shape index (κ3) is 267. The molecule has 0 saturated carbocycles. The van der Waals surface area contributed by atoms with Crippen LogP contribution in [0.1, 0.15) is 0 Å². The molecule has 0 fully saturated rings. The summed E-state index contributed by atoms with van der Waals surface area (Å²) in [4.78, 5) is 111. The molecule has 0 aliphatic rings. The third-order valence-electron chi connectivity index (χ3n) is 3.44. The smallest absolute Gasteiger partial charge is 0.327 e. The van der Waals surface area contributed by atoms with E-state index in [1.807, 2.05) is 0 Å². The van der Waals surface area contributed by atoms with Crippen molar-refractivity contribution in [1.29, 1.82) is 0 Å². The van der Waals surface area contributed by atoms with Crippen LogP contribution < -0.4 is 0 Å². The van der Waals surface area contributed by atoms with Gasteiger partial charge in [0.05, 0.1) is 31.8 Å².